The summed E-state index contributed by atoms with van der Waals surface area (Å²) in [6, 6.07) is 5.13. The molecule has 1 amide bonds. The number of ether oxygens (including phenoxy) is 1. The predicted octanol–water partition coefficient (Wildman–Crippen LogP) is 2.88. The van der Waals surface area contributed by atoms with E-state index in [1.165, 1.54) is 7.11 Å². The van der Waals surface area contributed by atoms with E-state index in [1.54, 1.807) is 18.2 Å². The number of carbonyl (C=O) groups is 1. The van der Waals surface area contributed by atoms with Crippen molar-refractivity contribution < 1.29 is 9.53 Å². The Morgan fingerprint density at radius 1 is 1.38 bits per heavy atom. The van der Waals surface area contributed by atoms with E-state index in [0.29, 0.717) is 16.3 Å². The van der Waals surface area contributed by atoms with Crippen LogP contribution < -0.4 is 10.1 Å². The largest absolute Gasteiger partial charge is 0.495 e. The zero-order valence-electron chi connectivity index (χ0n) is 9.93. The van der Waals surface area contributed by atoms with E-state index >= 15 is 0 Å². The van der Waals surface area contributed by atoms with Gasteiger partial charge in [-0.05, 0) is 32.9 Å². The Hall–Kier alpha value is -1.22. The molecule has 0 radical (unpaired) electrons. The van der Waals surface area contributed by atoms with Crippen molar-refractivity contribution in [2.45, 2.75) is 26.3 Å². The van der Waals surface area contributed by atoms with Gasteiger partial charge >= 0.3 is 0 Å². The van der Waals surface area contributed by atoms with E-state index in [2.05, 4.69) is 5.32 Å². The molecule has 0 saturated carbocycles. The maximum absolute atomic E-state index is 11.9. The highest BCUT2D eigenvalue weighted by Crippen LogP contribution is 2.27. The average molecular weight is 242 g/mol. The first-order valence-electron chi connectivity index (χ1n) is 5.00. The van der Waals surface area contributed by atoms with Gasteiger partial charge in [0.1, 0.15) is 5.75 Å². The third-order valence-corrected chi connectivity index (χ3v) is 2.31. The molecule has 0 bridgehead atoms. The molecule has 0 saturated heterocycles. The Labute approximate surface area is 101 Å². The number of benzene rings is 1. The van der Waals surface area contributed by atoms with E-state index in [9.17, 15) is 4.79 Å². The fraction of sp³-hybridized carbons (Fsp3) is 0.417. The summed E-state index contributed by atoms with van der Waals surface area (Å²) in [4.78, 5) is 11.9. The van der Waals surface area contributed by atoms with Gasteiger partial charge in [0, 0.05) is 5.54 Å². The molecule has 1 aromatic rings. The second kappa shape index (κ2) is 4.74. The van der Waals surface area contributed by atoms with Crippen molar-refractivity contribution in [3.63, 3.8) is 0 Å². The minimum Gasteiger partial charge on any atom is -0.495 e. The molecule has 0 atom stereocenters. The topological polar surface area (TPSA) is 38.3 Å². The molecule has 3 nitrogen and oxygen atoms in total. The van der Waals surface area contributed by atoms with Gasteiger partial charge in [-0.2, -0.15) is 0 Å². The highest BCUT2D eigenvalue weighted by molar-refractivity contribution is 6.35. The lowest BCUT2D eigenvalue weighted by molar-refractivity contribution is 0.0919. The molecule has 0 aromatic heterocycles. The van der Waals surface area contributed by atoms with Crippen LogP contribution in [-0.4, -0.2) is 18.6 Å². The number of methoxy groups -OCH3 is 1. The van der Waals surface area contributed by atoms with Gasteiger partial charge in [-0.25, -0.2) is 0 Å². The van der Waals surface area contributed by atoms with Crippen LogP contribution in [0.3, 0.4) is 0 Å². The van der Waals surface area contributed by atoms with Crippen molar-refractivity contribution in [2.24, 2.45) is 0 Å². The fourth-order valence-corrected chi connectivity index (χ4v) is 1.54. The molecular weight excluding hydrogens is 226 g/mol. The lowest BCUT2D eigenvalue weighted by Crippen LogP contribution is -2.40. The predicted molar refractivity (Wildman–Crippen MR) is 65.2 cm³/mol. The van der Waals surface area contributed by atoms with Crippen LogP contribution >= 0.6 is 11.6 Å². The van der Waals surface area contributed by atoms with Crippen LogP contribution in [0.15, 0.2) is 18.2 Å². The number of halogens is 1. The van der Waals surface area contributed by atoms with Gasteiger partial charge in [0.05, 0.1) is 17.7 Å². The molecule has 88 valence electrons. The second-order valence-corrected chi connectivity index (χ2v) is 4.90. The minimum atomic E-state index is -0.288. The molecule has 0 aliphatic heterocycles. The third-order valence-electron chi connectivity index (χ3n) is 1.92. The Bertz CT molecular complexity index is 396. The van der Waals surface area contributed by atoms with E-state index in [4.69, 9.17) is 16.3 Å². The molecule has 1 N–H and O–H groups in total. The summed E-state index contributed by atoms with van der Waals surface area (Å²) in [5.41, 5.74) is 0.139. The normalized spacial score (nSPS) is 11.1. The Morgan fingerprint density at radius 3 is 2.50 bits per heavy atom. The van der Waals surface area contributed by atoms with Gasteiger partial charge in [0.2, 0.25) is 0 Å². The first-order valence-corrected chi connectivity index (χ1v) is 5.38. The van der Waals surface area contributed by atoms with Gasteiger partial charge in [-0.1, -0.05) is 17.7 Å². The molecule has 0 aliphatic rings. The second-order valence-electron chi connectivity index (χ2n) is 4.53. The SMILES string of the molecule is COc1cccc(C(=O)NC(C)(C)C)c1Cl. The summed E-state index contributed by atoms with van der Waals surface area (Å²) in [6.45, 7) is 5.75. The number of carbonyl (C=O) groups excluding carboxylic acids is 1. The molecule has 1 rings (SSSR count). The van der Waals surface area contributed by atoms with Crippen molar-refractivity contribution in [3.05, 3.63) is 28.8 Å². The Morgan fingerprint density at radius 2 is 2.00 bits per heavy atom. The quantitative estimate of drug-likeness (QED) is 0.865. The van der Waals surface area contributed by atoms with Crippen molar-refractivity contribution in [1.82, 2.24) is 5.32 Å². The maximum atomic E-state index is 11.9. The molecule has 1 aromatic carbocycles. The maximum Gasteiger partial charge on any atom is 0.253 e. The monoisotopic (exact) mass is 241 g/mol. The Balaban J connectivity index is 3.01. The molecule has 0 heterocycles. The lowest BCUT2D eigenvalue weighted by atomic mass is 10.1. The molecule has 0 unspecified atom stereocenters. The van der Waals surface area contributed by atoms with E-state index in [0.717, 1.165) is 0 Å². The minimum absolute atomic E-state index is 0.198. The highest BCUT2D eigenvalue weighted by Gasteiger charge is 2.18. The van der Waals surface area contributed by atoms with E-state index < -0.39 is 0 Å². The van der Waals surface area contributed by atoms with Gasteiger partial charge in [-0.3, -0.25) is 4.79 Å². The number of hydrogen-bond donors (Lipinski definition) is 1. The van der Waals surface area contributed by atoms with Crippen LogP contribution in [0.2, 0.25) is 5.02 Å². The standard InChI is InChI=1S/C12H16ClNO2/c1-12(2,3)14-11(15)8-6-5-7-9(16-4)10(8)13/h5-7H,1-4H3,(H,14,15). The van der Waals surface area contributed by atoms with Crippen molar-refractivity contribution >= 4 is 17.5 Å². The van der Waals surface area contributed by atoms with Crippen LogP contribution in [0.5, 0.6) is 5.75 Å². The zero-order chi connectivity index (χ0) is 12.3. The van der Waals surface area contributed by atoms with Crippen LogP contribution in [0, 0.1) is 0 Å². The highest BCUT2D eigenvalue weighted by atomic mass is 35.5. The summed E-state index contributed by atoms with van der Waals surface area (Å²) in [6.07, 6.45) is 0. The van der Waals surface area contributed by atoms with E-state index in [-0.39, 0.29) is 11.4 Å². The first kappa shape index (κ1) is 12.8. The molecule has 4 heteroatoms. The third kappa shape index (κ3) is 3.14. The number of amides is 1. The summed E-state index contributed by atoms with van der Waals surface area (Å²) < 4.78 is 5.05. The molecule has 0 fully saturated rings. The Kier molecular flexibility index (Phi) is 3.81. The lowest BCUT2D eigenvalue weighted by Gasteiger charge is -2.21. The van der Waals surface area contributed by atoms with E-state index in [1.807, 2.05) is 20.8 Å². The summed E-state index contributed by atoms with van der Waals surface area (Å²) in [5, 5.41) is 3.19. The van der Waals surface area contributed by atoms with Crippen LogP contribution in [0.1, 0.15) is 31.1 Å². The van der Waals surface area contributed by atoms with Crippen molar-refractivity contribution in [2.75, 3.05) is 7.11 Å². The smallest absolute Gasteiger partial charge is 0.253 e. The number of rotatable bonds is 2. The van der Waals surface area contributed by atoms with Gasteiger partial charge < -0.3 is 10.1 Å². The summed E-state index contributed by atoms with van der Waals surface area (Å²) >= 11 is 6.05. The average Bonchev–Trinajstić information content (AvgIpc) is 2.15. The van der Waals surface area contributed by atoms with Crippen molar-refractivity contribution in [1.29, 1.82) is 0 Å². The van der Waals surface area contributed by atoms with Crippen LogP contribution in [-0.2, 0) is 0 Å². The van der Waals surface area contributed by atoms with Crippen molar-refractivity contribution in [3.8, 4) is 5.75 Å². The van der Waals surface area contributed by atoms with Gasteiger partial charge in [-0.15, -0.1) is 0 Å². The fourth-order valence-electron chi connectivity index (χ4n) is 1.25. The van der Waals surface area contributed by atoms with Gasteiger partial charge in [0.25, 0.3) is 5.91 Å². The summed E-state index contributed by atoms with van der Waals surface area (Å²) in [7, 11) is 1.52. The molecule has 0 spiro atoms. The molecular formula is C12H16ClNO2. The van der Waals surface area contributed by atoms with Crippen LogP contribution in [0.4, 0.5) is 0 Å². The number of nitrogens with one attached hydrogen (secondary N) is 1. The summed E-state index contributed by atoms with van der Waals surface area (Å²) in [5.74, 6) is 0.305. The zero-order valence-corrected chi connectivity index (χ0v) is 10.7. The molecule has 0 aliphatic carbocycles. The number of hydrogen-bond acceptors (Lipinski definition) is 2. The first-order chi connectivity index (χ1) is 7.35. The van der Waals surface area contributed by atoms with Gasteiger partial charge in [0.15, 0.2) is 0 Å². The molecule has 16 heavy (non-hydrogen) atoms. The van der Waals surface area contributed by atoms with Crippen LogP contribution in [0.25, 0.3) is 0 Å².